The average molecular weight is 333 g/mol. The van der Waals surface area contributed by atoms with Gasteiger partial charge in [0.15, 0.2) is 0 Å². The topological polar surface area (TPSA) is 62.5 Å². The van der Waals surface area contributed by atoms with Crippen LogP contribution in [0.4, 0.5) is 15.2 Å². The smallest absolute Gasteiger partial charge is 0.275 e. The zero-order chi connectivity index (χ0) is 16.4. The molecular formula is C15H16FN5OS. The van der Waals surface area contributed by atoms with E-state index in [1.54, 1.807) is 6.07 Å². The molecule has 0 amide bonds. The molecule has 3 aromatic rings. The van der Waals surface area contributed by atoms with Gasteiger partial charge in [0.2, 0.25) is 10.1 Å². The maximum absolute atomic E-state index is 14.1. The van der Waals surface area contributed by atoms with E-state index in [2.05, 4.69) is 15.4 Å². The largest absolute Gasteiger partial charge is 0.373 e. The van der Waals surface area contributed by atoms with Gasteiger partial charge in [0.25, 0.3) is 5.56 Å². The normalized spacial score (nSPS) is 10.9. The summed E-state index contributed by atoms with van der Waals surface area (Å²) in [5.74, 6) is -0.254. The number of aromatic nitrogens is 3. The molecule has 0 bridgehead atoms. The van der Waals surface area contributed by atoms with Crippen LogP contribution in [-0.4, -0.2) is 28.2 Å². The number of nitrogens with zero attached hydrogens (tertiary/aromatic N) is 4. The molecule has 2 heterocycles. The second-order valence-corrected chi connectivity index (χ2v) is 5.99. The highest BCUT2D eigenvalue weighted by Crippen LogP contribution is 2.21. The van der Waals surface area contributed by atoms with Crippen LogP contribution < -0.4 is 15.8 Å². The fraction of sp³-hybridized carbons (Fsp3) is 0.267. The zero-order valence-corrected chi connectivity index (χ0v) is 13.6. The van der Waals surface area contributed by atoms with Gasteiger partial charge in [-0.25, -0.2) is 9.37 Å². The molecule has 0 fully saturated rings. The van der Waals surface area contributed by atoms with E-state index in [0.29, 0.717) is 22.3 Å². The standard InChI is InChI=1S/C15H16FN5OS/c1-3-20(2)12-5-4-10(8-11(12)16)9-18-14-19-21-13(22)6-7-17-15(21)23-14/h4-8H,3,9H2,1-2H3,(H,18,19). The minimum absolute atomic E-state index is 0.225. The molecule has 0 saturated heterocycles. The predicted octanol–water partition coefficient (Wildman–Crippen LogP) is 2.36. The summed E-state index contributed by atoms with van der Waals surface area (Å²) in [7, 11) is 1.85. The van der Waals surface area contributed by atoms with Crippen molar-refractivity contribution in [3.63, 3.8) is 0 Å². The Balaban J connectivity index is 1.76. The number of hydrogen-bond donors (Lipinski definition) is 1. The highest BCUT2D eigenvalue weighted by atomic mass is 32.1. The molecule has 1 aromatic carbocycles. The number of anilines is 2. The molecule has 120 valence electrons. The first-order chi connectivity index (χ1) is 11.1. The SMILES string of the molecule is CCN(C)c1ccc(CNc2nn3c(=O)ccnc3s2)cc1F. The highest BCUT2D eigenvalue weighted by molar-refractivity contribution is 7.20. The van der Waals surface area contributed by atoms with Crippen molar-refractivity contribution in [2.45, 2.75) is 13.5 Å². The van der Waals surface area contributed by atoms with Crippen LogP contribution in [0, 0.1) is 5.82 Å². The lowest BCUT2D eigenvalue weighted by Crippen LogP contribution is -2.17. The van der Waals surface area contributed by atoms with Crippen LogP contribution in [0.15, 0.2) is 35.3 Å². The Morgan fingerprint density at radius 2 is 2.22 bits per heavy atom. The lowest BCUT2D eigenvalue weighted by Gasteiger charge is -2.18. The fourth-order valence-corrected chi connectivity index (χ4v) is 2.90. The fourth-order valence-electron chi connectivity index (χ4n) is 2.13. The first kappa shape index (κ1) is 15.4. The van der Waals surface area contributed by atoms with Crippen LogP contribution in [-0.2, 0) is 6.54 Å². The highest BCUT2D eigenvalue weighted by Gasteiger charge is 2.09. The molecule has 23 heavy (non-hydrogen) atoms. The third kappa shape index (κ3) is 3.16. The van der Waals surface area contributed by atoms with Gasteiger partial charge in [-0.05, 0) is 24.6 Å². The number of hydrogen-bond acceptors (Lipinski definition) is 6. The second kappa shape index (κ2) is 6.33. The quantitative estimate of drug-likeness (QED) is 0.777. The molecular weight excluding hydrogens is 317 g/mol. The van der Waals surface area contributed by atoms with Crippen molar-refractivity contribution in [1.82, 2.24) is 14.6 Å². The van der Waals surface area contributed by atoms with Crippen LogP contribution in [0.25, 0.3) is 4.96 Å². The lowest BCUT2D eigenvalue weighted by atomic mass is 10.2. The second-order valence-electron chi connectivity index (χ2n) is 5.04. The molecule has 0 saturated carbocycles. The molecule has 0 aliphatic heterocycles. The Bertz CT molecular complexity index is 891. The maximum atomic E-state index is 14.1. The first-order valence-electron chi connectivity index (χ1n) is 7.17. The average Bonchev–Trinajstić information content (AvgIpc) is 2.97. The predicted molar refractivity (Wildman–Crippen MR) is 89.8 cm³/mol. The summed E-state index contributed by atoms with van der Waals surface area (Å²) in [4.78, 5) is 18.1. The summed E-state index contributed by atoms with van der Waals surface area (Å²) < 4.78 is 15.3. The van der Waals surface area contributed by atoms with E-state index in [1.165, 1.54) is 34.2 Å². The van der Waals surface area contributed by atoms with Gasteiger partial charge in [-0.2, -0.15) is 4.52 Å². The van der Waals surface area contributed by atoms with E-state index < -0.39 is 0 Å². The van der Waals surface area contributed by atoms with Crippen molar-refractivity contribution in [1.29, 1.82) is 0 Å². The molecule has 0 spiro atoms. The van der Waals surface area contributed by atoms with Crippen LogP contribution >= 0.6 is 11.3 Å². The molecule has 8 heteroatoms. The Morgan fingerprint density at radius 3 is 2.91 bits per heavy atom. The van der Waals surface area contributed by atoms with Crippen molar-refractivity contribution in [2.75, 3.05) is 23.8 Å². The van der Waals surface area contributed by atoms with Gasteiger partial charge in [-0.1, -0.05) is 17.4 Å². The Kier molecular flexibility index (Phi) is 4.24. The third-order valence-corrected chi connectivity index (χ3v) is 4.39. The summed E-state index contributed by atoms with van der Waals surface area (Å²) in [6.07, 6.45) is 1.46. The Hall–Kier alpha value is -2.48. The number of halogens is 1. The van der Waals surface area contributed by atoms with Crippen molar-refractivity contribution in [3.8, 4) is 0 Å². The van der Waals surface area contributed by atoms with E-state index in [1.807, 2.05) is 24.9 Å². The van der Waals surface area contributed by atoms with Crippen LogP contribution in [0.5, 0.6) is 0 Å². The molecule has 0 unspecified atom stereocenters. The summed E-state index contributed by atoms with van der Waals surface area (Å²) in [5, 5.41) is 7.82. The van der Waals surface area contributed by atoms with Gasteiger partial charge in [-0.15, -0.1) is 5.10 Å². The number of benzene rings is 1. The zero-order valence-electron chi connectivity index (χ0n) is 12.8. The minimum atomic E-state index is -0.254. The van der Waals surface area contributed by atoms with Gasteiger partial charge < -0.3 is 10.2 Å². The van der Waals surface area contributed by atoms with E-state index in [4.69, 9.17) is 0 Å². The lowest BCUT2D eigenvalue weighted by molar-refractivity contribution is 0.621. The monoisotopic (exact) mass is 333 g/mol. The molecule has 0 aliphatic carbocycles. The van der Waals surface area contributed by atoms with Crippen LogP contribution in [0.1, 0.15) is 12.5 Å². The number of fused-ring (bicyclic) bond motifs is 1. The third-order valence-electron chi connectivity index (χ3n) is 3.51. The Labute approximate surface area is 136 Å². The van der Waals surface area contributed by atoms with Gasteiger partial charge in [0.05, 0.1) is 5.69 Å². The van der Waals surface area contributed by atoms with Gasteiger partial charge >= 0.3 is 0 Å². The van der Waals surface area contributed by atoms with Gasteiger partial charge in [0, 0.05) is 32.4 Å². The van der Waals surface area contributed by atoms with Crippen LogP contribution in [0.3, 0.4) is 0 Å². The van der Waals surface area contributed by atoms with Crippen molar-refractivity contribution < 1.29 is 4.39 Å². The summed E-state index contributed by atoms with van der Waals surface area (Å²) in [5.41, 5.74) is 1.15. The van der Waals surface area contributed by atoms with Crippen molar-refractivity contribution >= 4 is 27.1 Å². The summed E-state index contributed by atoms with van der Waals surface area (Å²) >= 11 is 1.27. The van der Waals surface area contributed by atoms with Crippen molar-refractivity contribution in [2.24, 2.45) is 0 Å². The molecule has 0 radical (unpaired) electrons. The van der Waals surface area contributed by atoms with E-state index in [9.17, 15) is 9.18 Å². The molecule has 1 N–H and O–H groups in total. The summed E-state index contributed by atoms with van der Waals surface area (Å²) in [6.45, 7) is 3.13. The van der Waals surface area contributed by atoms with E-state index in [0.717, 1.165) is 12.1 Å². The van der Waals surface area contributed by atoms with E-state index in [-0.39, 0.29) is 11.4 Å². The first-order valence-corrected chi connectivity index (χ1v) is 7.98. The Morgan fingerprint density at radius 1 is 1.39 bits per heavy atom. The number of rotatable bonds is 5. The van der Waals surface area contributed by atoms with Gasteiger partial charge in [-0.3, -0.25) is 4.79 Å². The van der Waals surface area contributed by atoms with Crippen LogP contribution in [0.2, 0.25) is 0 Å². The van der Waals surface area contributed by atoms with Crippen molar-refractivity contribution in [3.05, 3.63) is 52.2 Å². The molecule has 0 aliphatic rings. The minimum Gasteiger partial charge on any atom is -0.373 e. The van der Waals surface area contributed by atoms with Gasteiger partial charge in [0.1, 0.15) is 5.82 Å². The molecule has 6 nitrogen and oxygen atoms in total. The van der Waals surface area contributed by atoms with E-state index >= 15 is 0 Å². The summed E-state index contributed by atoms with van der Waals surface area (Å²) in [6, 6.07) is 6.50. The molecule has 2 aromatic heterocycles. The number of nitrogens with one attached hydrogen (secondary N) is 1. The molecule has 0 atom stereocenters. The maximum Gasteiger partial charge on any atom is 0.275 e. The molecule has 3 rings (SSSR count).